The minimum absolute atomic E-state index is 0.791. The second-order valence-electron chi connectivity index (χ2n) is 11.4. The van der Waals surface area contributed by atoms with Crippen LogP contribution in [0.25, 0.3) is 44.5 Å². The van der Waals surface area contributed by atoms with Gasteiger partial charge in [-0.3, -0.25) is 0 Å². The number of hydrogen-bond acceptors (Lipinski definition) is 4. The lowest BCUT2D eigenvalue weighted by Gasteiger charge is -2.28. The molecule has 0 spiro atoms. The van der Waals surface area contributed by atoms with Gasteiger partial charge in [-0.05, 0) is 69.8 Å². The molecule has 0 atom stereocenters. The number of hydrogen-bond donors (Lipinski definition) is 2. The number of rotatable bonds is 4. The van der Waals surface area contributed by atoms with Gasteiger partial charge >= 0.3 is 0 Å². The van der Waals surface area contributed by atoms with Crippen LogP contribution in [0.4, 0.5) is 22.7 Å². The van der Waals surface area contributed by atoms with Gasteiger partial charge in [0, 0.05) is 11.1 Å². The van der Waals surface area contributed by atoms with Gasteiger partial charge in [0.15, 0.2) is 23.0 Å². The van der Waals surface area contributed by atoms with Gasteiger partial charge in [-0.2, -0.15) is 0 Å². The third-order valence-corrected chi connectivity index (χ3v) is 8.71. The fourth-order valence-electron chi connectivity index (χ4n) is 6.63. The van der Waals surface area contributed by atoms with Crippen LogP contribution in [0.2, 0.25) is 0 Å². The summed E-state index contributed by atoms with van der Waals surface area (Å²) in [5.41, 5.74) is 12.7. The molecule has 218 valence electrons. The third-order valence-electron chi connectivity index (χ3n) is 8.71. The molecule has 0 fully saturated rings. The number of para-hydroxylation sites is 6. The highest BCUT2D eigenvalue weighted by Gasteiger charge is 2.27. The van der Waals surface area contributed by atoms with E-state index in [2.05, 4.69) is 120 Å². The van der Waals surface area contributed by atoms with Gasteiger partial charge in [0.25, 0.3) is 0 Å². The average Bonchev–Trinajstić information content (AvgIpc) is 3.12. The molecule has 0 radical (unpaired) electrons. The van der Waals surface area contributed by atoms with Crippen LogP contribution in [0.15, 0.2) is 158 Å². The van der Waals surface area contributed by atoms with E-state index in [1.165, 1.54) is 11.1 Å². The molecule has 2 N–H and O–H groups in total. The van der Waals surface area contributed by atoms with Crippen LogP contribution in [0.5, 0.6) is 23.0 Å². The van der Waals surface area contributed by atoms with Crippen LogP contribution < -0.4 is 20.1 Å². The minimum atomic E-state index is 0.791. The maximum Gasteiger partial charge on any atom is 0.151 e. The fraction of sp³-hybridized carbons (Fsp3) is 0. The summed E-state index contributed by atoms with van der Waals surface area (Å²) in [7, 11) is 0. The quantitative estimate of drug-likeness (QED) is 0.213. The highest BCUT2D eigenvalue weighted by molar-refractivity contribution is 6.05. The van der Waals surface area contributed by atoms with Crippen molar-refractivity contribution < 1.29 is 9.47 Å². The molecular weight excluding hydrogens is 564 g/mol. The Hall–Kier alpha value is -6.26. The van der Waals surface area contributed by atoms with E-state index in [1.54, 1.807) is 0 Å². The van der Waals surface area contributed by atoms with Gasteiger partial charge in [0.2, 0.25) is 0 Å². The van der Waals surface area contributed by atoms with Gasteiger partial charge in [0.1, 0.15) is 0 Å². The Bertz CT molecular complexity index is 2280. The van der Waals surface area contributed by atoms with E-state index in [0.717, 1.165) is 79.1 Å². The van der Waals surface area contributed by atoms with Crippen molar-refractivity contribution in [3.8, 4) is 67.5 Å². The molecule has 4 heteroatoms. The molecule has 0 aliphatic carbocycles. The van der Waals surface area contributed by atoms with Crippen LogP contribution >= 0.6 is 0 Å². The fourth-order valence-corrected chi connectivity index (χ4v) is 6.63. The molecule has 0 bridgehead atoms. The molecule has 2 heterocycles. The second-order valence-corrected chi connectivity index (χ2v) is 11.4. The van der Waals surface area contributed by atoms with Crippen LogP contribution in [0.3, 0.4) is 0 Å². The predicted molar refractivity (Wildman–Crippen MR) is 188 cm³/mol. The maximum atomic E-state index is 6.46. The van der Waals surface area contributed by atoms with E-state index < -0.39 is 0 Å². The first kappa shape index (κ1) is 26.2. The summed E-state index contributed by atoms with van der Waals surface area (Å²) >= 11 is 0. The van der Waals surface area contributed by atoms with Crippen LogP contribution in [-0.2, 0) is 0 Å². The van der Waals surface area contributed by atoms with E-state index in [0.29, 0.717) is 0 Å². The molecule has 2 aliphatic rings. The smallest absolute Gasteiger partial charge is 0.151 e. The van der Waals surface area contributed by atoms with Gasteiger partial charge in [-0.25, -0.2) is 0 Å². The van der Waals surface area contributed by atoms with Crippen LogP contribution in [0.1, 0.15) is 0 Å². The zero-order valence-corrected chi connectivity index (χ0v) is 24.8. The van der Waals surface area contributed by atoms with E-state index in [4.69, 9.17) is 9.47 Å². The van der Waals surface area contributed by atoms with Crippen molar-refractivity contribution in [2.75, 3.05) is 10.6 Å². The number of nitrogens with one attached hydrogen (secondary N) is 2. The lowest BCUT2D eigenvalue weighted by Crippen LogP contribution is -2.06. The van der Waals surface area contributed by atoms with Gasteiger partial charge in [-0.1, -0.05) is 121 Å². The molecule has 46 heavy (non-hydrogen) atoms. The molecule has 0 saturated carbocycles. The normalized spacial score (nSPS) is 12.2. The molecule has 0 amide bonds. The van der Waals surface area contributed by atoms with Crippen molar-refractivity contribution in [2.24, 2.45) is 0 Å². The Kier molecular flexibility index (Phi) is 6.10. The summed E-state index contributed by atoms with van der Waals surface area (Å²) in [5, 5.41) is 7.41. The van der Waals surface area contributed by atoms with E-state index in [1.807, 2.05) is 48.5 Å². The zero-order valence-electron chi connectivity index (χ0n) is 24.8. The van der Waals surface area contributed by atoms with Crippen molar-refractivity contribution in [1.29, 1.82) is 0 Å². The van der Waals surface area contributed by atoms with Gasteiger partial charge < -0.3 is 20.1 Å². The molecule has 7 aromatic rings. The Balaban J connectivity index is 1.32. The number of fused-ring (bicyclic) bond motifs is 4. The van der Waals surface area contributed by atoms with Crippen molar-refractivity contribution in [3.05, 3.63) is 158 Å². The first-order valence-electron chi connectivity index (χ1n) is 15.4. The van der Waals surface area contributed by atoms with Gasteiger partial charge in [-0.15, -0.1) is 0 Å². The number of benzene rings is 7. The third kappa shape index (κ3) is 4.31. The van der Waals surface area contributed by atoms with Crippen molar-refractivity contribution >= 4 is 22.7 Å². The summed E-state index contributed by atoms with van der Waals surface area (Å²) < 4.78 is 12.9. The topological polar surface area (TPSA) is 42.5 Å². The lowest BCUT2D eigenvalue weighted by atomic mass is 9.84. The first-order chi connectivity index (χ1) is 22.8. The van der Waals surface area contributed by atoms with Crippen LogP contribution in [0, 0.1) is 0 Å². The Morgan fingerprint density at radius 2 is 0.739 bits per heavy atom. The molecule has 4 nitrogen and oxygen atoms in total. The molecule has 0 unspecified atom stereocenters. The zero-order chi connectivity index (χ0) is 30.5. The summed E-state index contributed by atoms with van der Waals surface area (Å²) in [5.74, 6) is 3.21. The highest BCUT2D eigenvalue weighted by Crippen LogP contribution is 2.54. The van der Waals surface area contributed by atoms with Crippen molar-refractivity contribution in [2.45, 2.75) is 0 Å². The molecule has 7 aromatic carbocycles. The second kappa shape index (κ2) is 10.7. The van der Waals surface area contributed by atoms with Crippen LogP contribution in [-0.4, -0.2) is 0 Å². The van der Waals surface area contributed by atoms with Crippen molar-refractivity contribution in [3.63, 3.8) is 0 Å². The van der Waals surface area contributed by atoms with E-state index >= 15 is 0 Å². The minimum Gasteiger partial charge on any atom is -0.453 e. The largest absolute Gasteiger partial charge is 0.453 e. The lowest BCUT2D eigenvalue weighted by molar-refractivity contribution is 0.481. The average molecular weight is 593 g/mol. The molecule has 0 aromatic heterocycles. The Morgan fingerprint density at radius 1 is 0.304 bits per heavy atom. The Morgan fingerprint density at radius 3 is 1.41 bits per heavy atom. The SMILES string of the molecule is c1ccc(-c2ccccc2-c2cccc(-c3cccc4c3Nc3ccccc3O4)c2-c2cccc3c2Nc2ccccc2O3)cc1. The van der Waals surface area contributed by atoms with E-state index in [9.17, 15) is 0 Å². The summed E-state index contributed by atoms with van der Waals surface area (Å²) in [6.45, 7) is 0. The summed E-state index contributed by atoms with van der Waals surface area (Å²) in [6.07, 6.45) is 0. The monoisotopic (exact) mass is 592 g/mol. The van der Waals surface area contributed by atoms with Gasteiger partial charge in [0.05, 0.1) is 22.7 Å². The molecule has 0 saturated heterocycles. The molecular formula is C42H28N2O2. The Labute approximate surface area is 267 Å². The summed E-state index contributed by atoms with van der Waals surface area (Å²) in [6, 6.07) is 54.5. The van der Waals surface area contributed by atoms with E-state index in [-0.39, 0.29) is 0 Å². The summed E-state index contributed by atoms with van der Waals surface area (Å²) in [4.78, 5) is 0. The molecule has 2 aliphatic heterocycles. The van der Waals surface area contributed by atoms with Crippen molar-refractivity contribution in [1.82, 2.24) is 0 Å². The number of ether oxygens (including phenoxy) is 2. The predicted octanol–water partition coefficient (Wildman–Crippen LogP) is 12.1. The molecule has 9 rings (SSSR count). The highest BCUT2D eigenvalue weighted by atomic mass is 16.5. The maximum absolute atomic E-state index is 6.46. The first-order valence-corrected chi connectivity index (χ1v) is 15.4. The standard InChI is InChI=1S/C42H28N2O2/c1-2-13-27(14-3-1)28-15-4-5-16-29(28)30-17-10-18-31(32-19-11-25-38-41(32)43-34-21-6-8-23-36(34)45-38)40(30)33-20-12-26-39-42(33)44-35-22-7-9-24-37(35)46-39/h1-26,43-44H. The number of anilines is 4.